The second-order valence-electron chi connectivity index (χ2n) is 4.81. The van der Waals surface area contributed by atoms with E-state index < -0.39 is 0 Å². The lowest BCUT2D eigenvalue weighted by atomic mass is 10.0. The third-order valence-electron chi connectivity index (χ3n) is 3.12. The van der Waals surface area contributed by atoms with Gasteiger partial charge in [0.05, 0.1) is 12.2 Å². The Morgan fingerprint density at radius 2 is 2.47 bits per heavy atom. The van der Waals surface area contributed by atoms with Crippen LogP contribution >= 0.6 is 0 Å². The number of nitrogens with one attached hydrogen (secondary N) is 1. The average molecular weight is 238 g/mol. The Hall–Kier alpha value is -1.56. The van der Waals surface area contributed by atoms with Crippen LogP contribution in [0.25, 0.3) is 0 Å². The second-order valence-corrected chi connectivity index (χ2v) is 4.81. The van der Waals surface area contributed by atoms with Crippen LogP contribution in [0.1, 0.15) is 30.7 Å². The standard InChI is InChI=1S/C11H18N4O2/c1-8-4-9(17-15-8)6-13-7-11(2-3-11)5-10(12)14-16/h4,13,16H,2-3,5-7H2,1H3,(H2,12,14). The van der Waals surface area contributed by atoms with Crippen LogP contribution in [0, 0.1) is 12.3 Å². The van der Waals surface area contributed by atoms with Crippen molar-refractivity contribution in [2.24, 2.45) is 16.3 Å². The summed E-state index contributed by atoms with van der Waals surface area (Å²) in [7, 11) is 0. The van der Waals surface area contributed by atoms with Gasteiger partial charge in [-0.1, -0.05) is 10.3 Å². The lowest BCUT2D eigenvalue weighted by Crippen LogP contribution is -2.28. The monoisotopic (exact) mass is 238 g/mol. The summed E-state index contributed by atoms with van der Waals surface area (Å²) in [5.41, 5.74) is 6.59. The zero-order valence-corrected chi connectivity index (χ0v) is 9.94. The number of nitrogens with zero attached hydrogens (tertiary/aromatic N) is 2. The Morgan fingerprint density at radius 1 is 1.71 bits per heavy atom. The van der Waals surface area contributed by atoms with Crippen LogP contribution in [0.5, 0.6) is 0 Å². The molecule has 2 rings (SSSR count). The largest absolute Gasteiger partial charge is 0.409 e. The Labute approximate surface area is 99.8 Å². The SMILES string of the molecule is Cc1cc(CNCC2(CC(N)=NO)CC2)on1. The number of rotatable bonds is 6. The van der Waals surface area contributed by atoms with Gasteiger partial charge >= 0.3 is 0 Å². The van der Waals surface area contributed by atoms with Gasteiger partial charge in [0.2, 0.25) is 0 Å². The first-order chi connectivity index (χ1) is 8.13. The van der Waals surface area contributed by atoms with E-state index in [9.17, 15) is 0 Å². The van der Waals surface area contributed by atoms with Gasteiger partial charge in [0.25, 0.3) is 0 Å². The van der Waals surface area contributed by atoms with E-state index in [2.05, 4.69) is 15.6 Å². The molecule has 17 heavy (non-hydrogen) atoms. The fourth-order valence-electron chi connectivity index (χ4n) is 1.96. The van der Waals surface area contributed by atoms with Crippen molar-refractivity contribution in [3.63, 3.8) is 0 Å². The number of hydrogen-bond acceptors (Lipinski definition) is 5. The zero-order chi connectivity index (χ0) is 12.3. The third kappa shape index (κ3) is 3.20. The van der Waals surface area contributed by atoms with Crippen LogP contribution < -0.4 is 11.1 Å². The van der Waals surface area contributed by atoms with E-state index in [-0.39, 0.29) is 5.41 Å². The van der Waals surface area contributed by atoms with E-state index in [0.717, 1.165) is 30.8 Å². The molecule has 1 fully saturated rings. The topological polar surface area (TPSA) is 96.7 Å². The van der Waals surface area contributed by atoms with Gasteiger partial charge in [-0.05, 0) is 25.2 Å². The molecule has 0 spiro atoms. The van der Waals surface area contributed by atoms with E-state index in [0.29, 0.717) is 18.8 Å². The smallest absolute Gasteiger partial charge is 0.150 e. The number of aryl methyl sites for hydroxylation is 1. The molecule has 0 radical (unpaired) electrons. The third-order valence-corrected chi connectivity index (χ3v) is 3.12. The minimum absolute atomic E-state index is 0.172. The first-order valence-electron chi connectivity index (χ1n) is 5.73. The summed E-state index contributed by atoms with van der Waals surface area (Å²) in [6, 6.07) is 1.91. The molecule has 1 saturated carbocycles. The molecule has 4 N–H and O–H groups in total. The van der Waals surface area contributed by atoms with Crippen LogP contribution in [0.3, 0.4) is 0 Å². The highest BCUT2D eigenvalue weighted by Gasteiger charge is 2.42. The van der Waals surface area contributed by atoms with E-state index in [1.54, 1.807) is 0 Å². The fraction of sp³-hybridized carbons (Fsp3) is 0.636. The van der Waals surface area contributed by atoms with Gasteiger partial charge in [0.1, 0.15) is 5.84 Å². The van der Waals surface area contributed by atoms with Crippen molar-refractivity contribution in [1.29, 1.82) is 0 Å². The molecule has 0 atom stereocenters. The molecule has 0 bridgehead atoms. The summed E-state index contributed by atoms with van der Waals surface area (Å²) in [6.45, 7) is 3.41. The molecule has 1 heterocycles. The Bertz CT molecular complexity index is 409. The summed E-state index contributed by atoms with van der Waals surface area (Å²) in [6.07, 6.45) is 2.88. The molecule has 1 aromatic rings. The van der Waals surface area contributed by atoms with Gasteiger partial charge in [-0.15, -0.1) is 0 Å². The predicted octanol–water partition coefficient (Wildman–Crippen LogP) is 0.989. The van der Waals surface area contributed by atoms with Crippen molar-refractivity contribution in [3.8, 4) is 0 Å². The molecular weight excluding hydrogens is 220 g/mol. The van der Waals surface area contributed by atoms with Crippen LogP contribution in [-0.4, -0.2) is 22.7 Å². The fourth-order valence-corrected chi connectivity index (χ4v) is 1.96. The Kier molecular flexibility index (Phi) is 3.33. The number of nitrogens with two attached hydrogens (primary N) is 1. The van der Waals surface area contributed by atoms with Crippen molar-refractivity contribution in [3.05, 3.63) is 17.5 Å². The molecule has 6 heteroatoms. The summed E-state index contributed by atoms with van der Waals surface area (Å²) in [5.74, 6) is 1.14. The maximum absolute atomic E-state index is 8.55. The highest BCUT2D eigenvalue weighted by Crippen LogP contribution is 2.48. The molecule has 0 aromatic carbocycles. The lowest BCUT2D eigenvalue weighted by Gasteiger charge is -2.14. The minimum Gasteiger partial charge on any atom is -0.409 e. The summed E-state index contributed by atoms with van der Waals surface area (Å²) in [4.78, 5) is 0. The quantitative estimate of drug-likeness (QED) is 0.297. The van der Waals surface area contributed by atoms with Crippen molar-refractivity contribution >= 4 is 5.84 Å². The Morgan fingerprint density at radius 3 is 3.00 bits per heavy atom. The summed E-state index contributed by atoms with van der Waals surface area (Å²) in [5, 5.41) is 18.7. The van der Waals surface area contributed by atoms with Crippen molar-refractivity contribution in [2.45, 2.75) is 32.7 Å². The van der Waals surface area contributed by atoms with E-state index in [1.165, 1.54) is 0 Å². The normalized spacial score (nSPS) is 18.3. The highest BCUT2D eigenvalue weighted by atomic mass is 16.5. The maximum Gasteiger partial charge on any atom is 0.150 e. The molecule has 6 nitrogen and oxygen atoms in total. The highest BCUT2D eigenvalue weighted by molar-refractivity contribution is 5.80. The average Bonchev–Trinajstić information content (AvgIpc) is 2.93. The van der Waals surface area contributed by atoms with Crippen molar-refractivity contribution < 1.29 is 9.73 Å². The second kappa shape index (κ2) is 4.75. The van der Waals surface area contributed by atoms with Crippen molar-refractivity contribution in [1.82, 2.24) is 10.5 Å². The summed E-state index contributed by atoms with van der Waals surface area (Å²) >= 11 is 0. The van der Waals surface area contributed by atoms with Crippen molar-refractivity contribution in [2.75, 3.05) is 6.54 Å². The van der Waals surface area contributed by atoms with Gasteiger partial charge in [0, 0.05) is 19.0 Å². The molecule has 0 saturated heterocycles. The van der Waals surface area contributed by atoms with Crippen LogP contribution in [0.4, 0.5) is 0 Å². The molecular formula is C11H18N4O2. The first-order valence-corrected chi connectivity index (χ1v) is 5.73. The van der Waals surface area contributed by atoms with E-state index >= 15 is 0 Å². The molecule has 1 aromatic heterocycles. The number of hydrogen-bond donors (Lipinski definition) is 3. The zero-order valence-electron chi connectivity index (χ0n) is 9.94. The Balaban J connectivity index is 1.75. The molecule has 94 valence electrons. The number of amidine groups is 1. The molecule has 0 aliphatic heterocycles. The predicted molar refractivity (Wildman–Crippen MR) is 62.6 cm³/mol. The molecule has 0 unspecified atom stereocenters. The van der Waals surface area contributed by atoms with Gasteiger partial charge in [-0.3, -0.25) is 0 Å². The minimum atomic E-state index is 0.172. The van der Waals surface area contributed by atoms with Crippen LogP contribution in [0.2, 0.25) is 0 Å². The first kappa shape index (κ1) is 11.9. The molecule has 1 aliphatic rings. The van der Waals surface area contributed by atoms with Crippen LogP contribution in [0.15, 0.2) is 15.7 Å². The number of oxime groups is 1. The van der Waals surface area contributed by atoms with Gasteiger partial charge in [-0.25, -0.2) is 0 Å². The van der Waals surface area contributed by atoms with E-state index in [1.807, 2.05) is 13.0 Å². The molecule has 0 amide bonds. The lowest BCUT2D eigenvalue weighted by molar-refractivity contribution is 0.313. The number of aromatic nitrogens is 1. The summed E-state index contributed by atoms with van der Waals surface area (Å²) < 4.78 is 5.10. The maximum atomic E-state index is 8.55. The van der Waals surface area contributed by atoms with Gasteiger partial charge in [0.15, 0.2) is 5.76 Å². The van der Waals surface area contributed by atoms with Crippen LogP contribution in [-0.2, 0) is 6.54 Å². The van der Waals surface area contributed by atoms with Gasteiger partial charge in [-0.2, -0.15) is 0 Å². The van der Waals surface area contributed by atoms with E-state index in [4.69, 9.17) is 15.5 Å². The van der Waals surface area contributed by atoms with Gasteiger partial charge < -0.3 is 20.8 Å². The molecule has 1 aliphatic carbocycles.